The molecule has 0 atom stereocenters. The van der Waals surface area contributed by atoms with Gasteiger partial charge in [0.25, 0.3) is 0 Å². The summed E-state index contributed by atoms with van der Waals surface area (Å²) < 4.78 is 7.08. The van der Waals surface area contributed by atoms with Crippen LogP contribution < -0.4 is 5.32 Å². The molecule has 1 aromatic heterocycles. The van der Waals surface area contributed by atoms with Crippen LogP contribution in [0.25, 0.3) is 0 Å². The van der Waals surface area contributed by atoms with Gasteiger partial charge in [-0.3, -0.25) is 4.90 Å². The highest BCUT2D eigenvalue weighted by molar-refractivity contribution is 4.88. The fraction of sp³-hybridized carbons (Fsp3) is 0.867. The zero-order valence-electron chi connectivity index (χ0n) is 13.6. The lowest BCUT2D eigenvalue weighted by atomic mass is 9.97. The first-order valence-corrected chi connectivity index (χ1v) is 8.01. The molecule has 0 amide bonds. The topological polar surface area (TPSA) is 55.2 Å². The summed E-state index contributed by atoms with van der Waals surface area (Å²) in [6.07, 6.45) is 4.19. The highest BCUT2D eigenvalue weighted by atomic mass is 16.5. The lowest BCUT2D eigenvalue weighted by Crippen LogP contribution is -2.38. The van der Waals surface area contributed by atoms with Crippen LogP contribution in [-0.2, 0) is 11.3 Å². The zero-order valence-corrected chi connectivity index (χ0v) is 13.6. The third-order valence-corrected chi connectivity index (χ3v) is 4.12. The number of likely N-dealkylation sites (tertiary alicyclic amines) is 1. The van der Waals surface area contributed by atoms with E-state index in [1.807, 2.05) is 4.68 Å². The molecule has 2 rings (SSSR count). The summed E-state index contributed by atoms with van der Waals surface area (Å²) >= 11 is 0. The summed E-state index contributed by atoms with van der Waals surface area (Å²) in [7, 11) is 1.75. The molecular formula is C15H29N5O. The van der Waals surface area contributed by atoms with E-state index in [1.165, 1.54) is 12.8 Å². The van der Waals surface area contributed by atoms with Crippen LogP contribution in [0.1, 0.15) is 38.6 Å². The van der Waals surface area contributed by atoms with E-state index in [4.69, 9.17) is 4.74 Å². The van der Waals surface area contributed by atoms with Gasteiger partial charge in [-0.05, 0) is 52.2 Å². The Labute approximate surface area is 127 Å². The lowest BCUT2D eigenvalue weighted by molar-refractivity contribution is 0.163. The van der Waals surface area contributed by atoms with Crippen molar-refractivity contribution in [2.45, 2.75) is 39.3 Å². The van der Waals surface area contributed by atoms with Gasteiger partial charge in [-0.25, -0.2) is 9.67 Å². The maximum Gasteiger partial charge on any atom is 0.141 e. The molecule has 0 radical (unpaired) electrons. The molecule has 2 heterocycles. The monoisotopic (exact) mass is 295 g/mol. The third-order valence-electron chi connectivity index (χ3n) is 4.12. The lowest BCUT2D eigenvalue weighted by Gasteiger charge is -2.31. The largest absolute Gasteiger partial charge is 0.383 e. The van der Waals surface area contributed by atoms with Gasteiger partial charge in [-0.2, -0.15) is 5.10 Å². The fourth-order valence-corrected chi connectivity index (χ4v) is 2.85. The number of nitrogens with zero attached hydrogens (tertiary/aromatic N) is 4. The molecule has 21 heavy (non-hydrogen) atoms. The van der Waals surface area contributed by atoms with E-state index in [0.717, 1.165) is 51.1 Å². The van der Waals surface area contributed by atoms with E-state index >= 15 is 0 Å². The van der Waals surface area contributed by atoms with E-state index in [9.17, 15) is 0 Å². The first-order chi connectivity index (χ1) is 10.2. The molecule has 1 N–H and O–H groups in total. The molecule has 1 aliphatic heterocycles. The number of rotatable bonds is 8. The van der Waals surface area contributed by atoms with Crippen LogP contribution in [0.2, 0.25) is 0 Å². The third kappa shape index (κ3) is 5.05. The van der Waals surface area contributed by atoms with E-state index in [-0.39, 0.29) is 0 Å². The minimum atomic E-state index is 0.380. The number of hydrogen-bond donors (Lipinski definition) is 1. The van der Waals surface area contributed by atoms with E-state index in [2.05, 4.69) is 34.1 Å². The summed E-state index contributed by atoms with van der Waals surface area (Å²) in [5.74, 6) is 1.88. The van der Waals surface area contributed by atoms with Crippen LogP contribution in [0.4, 0.5) is 0 Å². The summed E-state index contributed by atoms with van der Waals surface area (Å²) in [5, 5.41) is 7.78. The number of methoxy groups -OCH3 is 1. The quantitative estimate of drug-likeness (QED) is 0.733. The molecule has 0 unspecified atom stereocenters. The van der Waals surface area contributed by atoms with Crippen molar-refractivity contribution < 1.29 is 4.74 Å². The van der Waals surface area contributed by atoms with Gasteiger partial charge in [0.2, 0.25) is 0 Å². The Morgan fingerprint density at radius 3 is 2.81 bits per heavy atom. The highest BCUT2D eigenvalue weighted by Crippen LogP contribution is 2.18. The van der Waals surface area contributed by atoms with Gasteiger partial charge in [0.15, 0.2) is 0 Å². The van der Waals surface area contributed by atoms with Crippen LogP contribution in [0.15, 0.2) is 6.33 Å². The predicted molar refractivity (Wildman–Crippen MR) is 83.2 cm³/mol. The van der Waals surface area contributed by atoms with Crippen molar-refractivity contribution in [1.82, 2.24) is 25.0 Å². The molecule has 0 bridgehead atoms. The van der Waals surface area contributed by atoms with E-state index in [1.54, 1.807) is 13.4 Å². The number of hydrogen-bond acceptors (Lipinski definition) is 5. The Morgan fingerprint density at radius 1 is 1.38 bits per heavy atom. The van der Waals surface area contributed by atoms with Crippen LogP contribution in [-0.4, -0.2) is 59.6 Å². The first kappa shape index (κ1) is 16.4. The SMILES string of the molecule is COCCNCC1CCN(Cc2ncnn2C(C)C)CC1. The Bertz CT molecular complexity index is 399. The molecule has 0 aromatic carbocycles. The zero-order chi connectivity index (χ0) is 15.1. The second-order valence-corrected chi connectivity index (χ2v) is 6.13. The molecule has 1 aromatic rings. The van der Waals surface area contributed by atoms with Gasteiger partial charge in [0.05, 0.1) is 13.2 Å². The fourth-order valence-electron chi connectivity index (χ4n) is 2.85. The molecule has 6 heteroatoms. The molecule has 6 nitrogen and oxygen atoms in total. The highest BCUT2D eigenvalue weighted by Gasteiger charge is 2.20. The Hall–Kier alpha value is -0.980. The maximum atomic E-state index is 5.05. The van der Waals surface area contributed by atoms with Crippen molar-refractivity contribution in [3.05, 3.63) is 12.2 Å². The summed E-state index contributed by atoms with van der Waals surface area (Å²) in [4.78, 5) is 6.90. The van der Waals surface area contributed by atoms with Gasteiger partial charge in [0, 0.05) is 19.7 Å². The predicted octanol–water partition coefficient (Wildman–Crippen LogP) is 1.31. The minimum Gasteiger partial charge on any atom is -0.383 e. The summed E-state index contributed by atoms with van der Waals surface area (Å²) in [6, 6.07) is 0.380. The second-order valence-electron chi connectivity index (χ2n) is 6.13. The molecule has 120 valence electrons. The standard InChI is InChI=1S/C15H29N5O/c1-13(2)20-15(17-12-18-20)11-19-7-4-14(5-8-19)10-16-6-9-21-3/h12-14,16H,4-11H2,1-3H3. The molecule has 0 saturated carbocycles. The Kier molecular flexibility index (Phi) is 6.60. The van der Waals surface area contributed by atoms with Crippen LogP contribution in [0, 0.1) is 5.92 Å². The molecule has 0 aliphatic carbocycles. The van der Waals surface area contributed by atoms with Crippen molar-refractivity contribution in [2.24, 2.45) is 5.92 Å². The van der Waals surface area contributed by atoms with Crippen molar-refractivity contribution in [3.63, 3.8) is 0 Å². The van der Waals surface area contributed by atoms with Gasteiger partial charge >= 0.3 is 0 Å². The number of aromatic nitrogens is 3. The van der Waals surface area contributed by atoms with Gasteiger partial charge in [0.1, 0.15) is 12.2 Å². The number of ether oxygens (including phenoxy) is 1. The van der Waals surface area contributed by atoms with Crippen LogP contribution in [0.3, 0.4) is 0 Å². The normalized spacial score (nSPS) is 17.7. The molecule has 1 saturated heterocycles. The Balaban J connectivity index is 1.70. The summed E-state index contributed by atoms with van der Waals surface area (Å²) in [6.45, 7) is 10.4. The van der Waals surface area contributed by atoms with Gasteiger partial charge in [-0.15, -0.1) is 0 Å². The average Bonchev–Trinajstić information content (AvgIpc) is 2.94. The maximum absolute atomic E-state index is 5.05. The van der Waals surface area contributed by atoms with Crippen LogP contribution >= 0.6 is 0 Å². The Morgan fingerprint density at radius 2 is 2.14 bits per heavy atom. The van der Waals surface area contributed by atoms with Crippen molar-refractivity contribution in [3.8, 4) is 0 Å². The first-order valence-electron chi connectivity index (χ1n) is 8.01. The smallest absolute Gasteiger partial charge is 0.141 e. The van der Waals surface area contributed by atoms with Gasteiger partial charge in [-0.1, -0.05) is 0 Å². The molecule has 1 fully saturated rings. The summed E-state index contributed by atoms with van der Waals surface area (Å²) in [5.41, 5.74) is 0. The van der Waals surface area contributed by atoms with Crippen LogP contribution in [0.5, 0.6) is 0 Å². The second kappa shape index (κ2) is 8.46. The number of nitrogens with one attached hydrogen (secondary N) is 1. The van der Waals surface area contributed by atoms with Crippen molar-refractivity contribution in [2.75, 3.05) is 39.9 Å². The molecule has 1 aliphatic rings. The van der Waals surface area contributed by atoms with E-state index < -0.39 is 0 Å². The molecular weight excluding hydrogens is 266 g/mol. The van der Waals surface area contributed by atoms with E-state index in [0.29, 0.717) is 6.04 Å². The molecule has 0 spiro atoms. The van der Waals surface area contributed by atoms with Crippen molar-refractivity contribution in [1.29, 1.82) is 0 Å². The number of piperidine rings is 1. The van der Waals surface area contributed by atoms with Gasteiger partial charge < -0.3 is 10.1 Å². The van der Waals surface area contributed by atoms with Crippen molar-refractivity contribution >= 4 is 0 Å². The minimum absolute atomic E-state index is 0.380. The average molecular weight is 295 g/mol.